The van der Waals surface area contributed by atoms with E-state index in [1.165, 1.54) is 6.33 Å². The number of hydrogen-bond donors (Lipinski definition) is 2. The molecule has 0 bridgehead atoms. The number of nitrogens with zero attached hydrogens (tertiary/aromatic N) is 2. The quantitative estimate of drug-likeness (QED) is 0.845. The first-order valence-corrected chi connectivity index (χ1v) is 6.07. The predicted molar refractivity (Wildman–Crippen MR) is 63.2 cm³/mol. The molecule has 1 aliphatic rings. The van der Waals surface area contributed by atoms with Crippen LogP contribution in [0.1, 0.15) is 31.4 Å². The van der Waals surface area contributed by atoms with Gasteiger partial charge in [-0.1, -0.05) is 12.8 Å². The molecule has 2 atom stereocenters. The van der Waals surface area contributed by atoms with Gasteiger partial charge in [0, 0.05) is 12.5 Å². The number of aryl methyl sites for hydroxylation is 1. The van der Waals surface area contributed by atoms with Crippen molar-refractivity contribution in [1.82, 2.24) is 9.97 Å². The van der Waals surface area contributed by atoms with Crippen molar-refractivity contribution < 1.29 is 9.50 Å². The first-order chi connectivity index (χ1) is 8.18. The molecule has 1 fully saturated rings. The summed E-state index contributed by atoms with van der Waals surface area (Å²) in [7, 11) is 0. The lowest BCUT2D eigenvalue weighted by Gasteiger charge is -2.27. The molecule has 1 saturated carbocycles. The Morgan fingerprint density at radius 1 is 1.41 bits per heavy atom. The van der Waals surface area contributed by atoms with E-state index in [1.54, 1.807) is 6.92 Å². The van der Waals surface area contributed by atoms with E-state index in [0.29, 0.717) is 12.2 Å². The molecule has 1 heterocycles. The number of hydrogen-bond acceptors (Lipinski definition) is 4. The van der Waals surface area contributed by atoms with Gasteiger partial charge in [0.2, 0.25) is 0 Å². The molecule has 17 heavy (non-hydrogen) atoms. The van der Waals surface area contributed by atoms with Crippen LogP contribution in [0.3, 0.4) is 0 Å². The fraction of sp³-hybridized carbons (Fsp3) is 0.667. The Bertz CT molecular complexity index is 386. The molecule has 2 rings (SSSR count). The van der Waals surface area contributed by atoms with E-state index >= 15 is 0 Å². The van der Waals surface area contributed by atoms with Gasteiger partial charge in [-0.05, 0) is 19.8 Å². The van der Waals surface area contributed by atoms with Crippen LogP contribution in [0, 0.1) is 18.7 Å². The first kappa shape index (κ1) is 12.2. The van der Waals surface area contributed by atoms with Crippen LogP contribution in [0.2, 0.25) is 0 Å². The SMILES string of the molecule is Cc1ncnc(NCC2CCCCC2O)c1F. The van der Waals surface area contributed by atoms with E-state index in [0.717, 1.165) is 25.7 Å². The minimum absolute atomic E-state index is 0.193. The van der Waals surface area contributed by atoms with Crippen LogP contribution in [0.15, 0.2) is 6.33 Å². The predicted octanol–water partition coefficient (Wildman–Crippen LogP) is 1.89. The Labute approximate surface area is 100 Å². The molecule has 0 radical (unpaired) electrons. The maximum Gasteiger partial charge on any atom is 0.186 e. The minimum atomic E-state index is -0.405. The molecule has 1 aliphatic carbocycles. The maximum absolute atomic E-state index is 13.6. The molecule has 0 amide bonds. The van der Waals surface area contributed by atoms with Gasteiger partial charge in [0.05, 0.1) is 11.8 Å². The summed E-state index contributed by atoms with van der Waals surface area (Å²) in [6.07, 6.45) is 5.12. The molecule has 4 nitrogen and oxygen atoms in total. The molecule has 0 aromatic carbocycles. The summed E-state index contributed by atoms with van der Waals surface area (Å²) in [5.74, 6) is 0.0199. The van der Waals surface area contributed by atoms with Crippen LogP contribution >= 0.6 is 0 Å². The van der Waals surface area contributed by atoms with Gasteiger partial charge < -0.3 is 10.4 Å². The molecule has 2 unspecified atom stereocenters. The van der Waals surface area contributed by atoms with Gasteiger partial charge in [0.1, 0.15) is 6.33 Å². The topological polar surface area (TPSA) is 58.0 Å². The van der Waals surface area contributed by atoms with Crippen LogP contribution in [0.25, 0.3) is 0 Å². The highest BCUT2D eigenvalue weighted by Gasteiger charge is 2.23. The minimum Gasteiger partial charge on any atom is -0.393 e. The van der Waals surface area contributed by atoms with Crippen LogP contribution in [0.5, 0.6) is 0 Å². The fourth-order valence-corrected chi connectivity index (χ4v) is 2.24. The highest BCUT2D eigenvalue weighted by molar-refractivity contribution is 5.36. The second kappa shape index (κ2) is 5.40. The zero-order chi connectivity index (χ0) is 12.3. The lowest BCUT2D eigenvalue weighted by Crippen LogP contribution is -2.30. The van der Waals surface area contributed by atoms with Gasteiger partial charge in [-0.3, -0.25) is 0 Å². The second-order valence-electron chi connectivity index (χ2n) is 4.61. The smallest absolute Gasteiger partial charge is 0.186 e. The average molecular weight is 239 g/mol. The summed E-state index contributed by atoms with van der Waals surface area (Å²) < 4.78 is 13.6. The molecule has 1 aromatic rings. The summed E-state index contributed by atoms with van der Waals surface area (Å²) in [5, 5.41) is 12.8. The summed E-state index contributed by atoms with van der Waals surface area (Å²) in [4.78, 5) is 7.64. The number of aliphatic hydroxyl groups excluding tert-OH is 1. The number of rotatable bonds is 3. The number of nitrogens with one attached hydrogen (secondary N) is 1. The number of aromatic nitrogens is 2. The summed E-state index contributed by atoms with van der Waals surface area (Å²) in [6, 6.07) is 0. The van der Waals surface area contributed by atoms with Crippen molar-refractivity contribution in [1.29, 1.82) is 0 Å². The molecule has 0 saturated heterocycles. The Morgan fingerprint density at radius 3 is 2.94 bits per heavy atom. The molecule has 1 aromatic heterocycles. The van der Waals surface area contributed by atoms with Crippen molar-refractivity contribution in [3.8, 4) is 0 Å². The van der Waals surface area contributed by atoms with E-state index in [2.05, 4.69) is 15.3 Å². The van der Waals surface area contributed by atoms with E-state index in [-0.39, 0.29) is 17.8 Å². The standard InChI is InChI=1S/C12H18FN3O/c1-8-11(13)12(16-7-15-8)14-6-9-4-2-3-5-10(9)17/h7,9-10,17H,2-6H2,1H3,(H,14,15,16). The summed E-state index contributed by atoms with van der Waals surface area (Å²) in [5.41, 5.74) is 0.340. The third kappa shape index (κ3) is 2.91. The molecule has 0 aliphatic heterocycles. The van der Waals surface area contributed by atoms with Gasteiger partial charge in [0.15, 0.2) is 11.6 Å². The number of anilines is 1. The fourth-order valence-electron chi connectivity index (χ4n) is 2.24. The van der Waals surface area contributed by atoms with Gasteiger partial charge in [0.25, 0.3) is 0 Å². The highest BCUT2D eigenvalue weighted by Crippen LogP contribution is 2.24. The zero-order valence-electron chi connectivity index (χ0n) is 9.99. The molecular formula is C12H18FN3O. The first-order valence-electron chi connectivity index (χ1n) is 6.07. The zero-order valence-corrected chi connectivity index (χ0v) is 9.99. The highest BCUT2D eigenvalue weighted by atomic mass is 19.1. The summed E-state index contributed by atoms with van der Waals surface area (Å²) in [6.45, 7) is 2.17. The third-order valence-electron chi connectivity index (χ3n) is 3.36. The van der Waals surface area contributed by atoms with E-state index < -0.39 is 5.82 Å². The van der Waals surface area contributed by atoms with Gasteiger partial charge in [-0.2, -0.15) is 0 Å². The second-order valence-corrected chi connectivity index (χ2v) is 4.61. The van der Waals surface area contributed by atoms with E-state index in [1.807, 2.05) is 0 Å². The van der Waals surface area contributed by atoms with Crippen molar-refractivity contribution in [2.45, 2.75) is 38.7 Å². The lowest BCUT2D eigenvalue weighted by atomic mass is 9.86. The van der Waals surface area contributed by atoms with Crippen LogP contribution in [-0.4, -0.2) is 27.7 Å². The van der Waals surface area contributed by atoms with Crippen LogP contribution in [0.4, 0.5) is 10.2 Å². The van der Waals surface area contributed by atoms with Crippen molar-refractivity contribution in [3.05, 3.63) is 17.8 Å². The Morgan fingerprint density at radius 2 is 2.18 bits per heavy atom. The van der Waals surface area contributed by atoms with E-state index in [9.17, 15) is 9.50 Å². The molecular weight excluding hydrogens is 221 g/mol. The van der Waals surface area contributed by atoms with Gasteiger partial charge in [-0.25, -0.2) is 14.4 Å². The van der Waals surface area contributed by atoms with Crippen molar-refractivity contribution >= 4 is 5.82 Å². The van der Waals surface area contributed by atoms with Crippen molar-refractivity contribution in [2.24, 2.45) is 5.92 Å². The number of halogens is 1. The molecule has 2 N–H and O–H groups in total. The van der Waals surface area contributed by atoms with Crippen molar-refractivity contribution in [3.63, 3.8) is 0 Å². The Hall–Kier alpha value is -1.23. The van der Waals surface area contributed by atoms with Gasteiger partial charge >= 0.3 is 0 Å². The lowest BCUT2D eigenvalue weighted by molar-refractivity contribution is 0.0762. The Kier molecular flexibility index (Phi) is 3.89. The monoisotopic (exact) mass is 239 g/mol. The number of aliphatic hydroxyl groups is 1. The third-order valence-corrected chi connectivity index (χ3v) is 3.36. The van der Waals surface area contributed by atoms with Crippen molar-refractivity contribution in [2.75, 3.05) is 11.9 Å². The normalized spacial score (nSPS) is 24.6. The van der Waals surface area contributed by atoms with E-state index in [4.69, 9.17) is 0 Å². The largest absolute Gasteiger partial charge is 0.393 e. The molecule has 5 heteroatoms. The summed E-state index contributed by atoms with van der Waals surface area (Å²) >= 11 is 0. The Balaban J connectivity index is 1.95. The maximum atomic E-state index is 13.6. The average Bonchev–Trinajstić information content (AvgIpc) is 2.33. The van der Waals surface area contributed by atoms with Gasteiger partial charge in [-0.15, -0.1) is 0 Å². The molecule has 0 spiro atoms. The van der Waals surface area contributed by atoms with Crippen LogP contribution in [-0.2, 0) is 0 Å². The molecule has 94 valence electrons. The van der Waals surface area contributed by atoms with Crippen LogP contribution < -0.4 is 5.32 Å².